The minimum atomic E-state index is -0.512. The molecule has 5 nitrogen and oxygen atoms in total. The molecule has 20 heavy (non-hydrogen) atoms. The number of anilines is 1. The van der Waals surface area contributed by atoms with E-state index in [1.54, 1.807) is 12.1 Å². The Bertz CT molecular complexity index is 465. The molecule has 1 aromatic rings. The van der Waals surface area contributed by atoms with Crippen LogP contribution in [0.4, 0.5) is 15.3 Å². The molecule has 0 atom stereocenters. The van der Waals surface area contributed by atoms with Crippen molar-refractivity contribution in [2.24, 2.45) is 0 Å². The van der Waals surface area contributed by atoms with Gasteiger partial charge >= 0.3 is 12.1 Å². The number of amides is 4. The summed E-state index contributed by atoms with van der Waals surface area (Å²) in [5.74, 6) is 0. The van der Waals surface area contributed by atoms with Gasteiger partial charge in [0.25, 0.3) is 0 Å². The standard InChI is InChI=1S/C15H21N3O2/c1-11-7-9-13(10-8-11)17-15(20)18-14(19)16-12-5-3-2-4-6-12/h7-10,12H,2-6H2,1H3,(H3,16,17,18,19,20). The third kappa shape index (κ3) is 4.57. The minimum Gasteiger partial charge on any atom is -0.335 e. The first kappa shape index (κ1) is 14.4. The molecule has 0 heterocycles. The van der Waals surface area contributed by atoms with Gasteiger partial charge < -0.3 is 10.6 Å². The molecule has 0 radical (unpaired) electrons. The first-order chi connectivity index (χ1) is 9.63. The van der Waals surface area contributed by atoms with Gasteiger partial charge in [0.15, 0.2) is 0 Å². The summed E-state index contributed by atoms with van der Waals surface area (Å²) in [6.45, 7) is 1.97. The lowest BCUT2D eigenvalue weighted by Crippen LogP contribution is -2.46. The van der Waals surface area contributed by atoms with Crippen molar-refractivity contribution in [3.63, 3.8) is 0 Å². The van der Waals surface area contributed by atoms with Gasteiger partial charge in [-0.15, -0.1) is 0 Å². The molecule has 1 aromatic carbocycles. The summed E-state index contributed by atoms with van der Waals surface area (Å²) < 4.78 is 0. The molecule has 0 saturated heterocycles. The Hall–Kier alpha value is -2.04. The molecule has 0 bridgehead atoms. The molecule has 108 valence electrons. The minimum absolute atomic E-state index is 0.191. The zero-order chi connectivity index (χ0) is 14.4. The van der Waals surface area contributed by atoms with E-state index in [0.717, 1.165) is 31.2 Å². The highest BCUT2D eigenvalue weighted by atomic mass is 16.2. The van der Waals surface area contributed by atoms with Crippen LogP contribution in [0.5, 0.6) is 0 Å². The number of rotatable bonds is 2. The lowest BCUT2D eigenvalue weighted by atomic mass is 9.96. The van der Waals surface area contributed by atoms with Crippen molar-refractivity contribution < 1.29 is 9.59 Å². The van der Waals surface area contributed by atoms with Gasteiger partial charge in [0.1, 0.15) is 0 Å². The third-order valence-electron chi connectivity index (χ3n) is 3.48. The predicted octanol–water partition coefficient (Wildman–Crippen LogP) is 3.16. The second-order valence-electron chi connectivity index (χ2n) is 5.25. The van der Waals surface area contributed by atoms with Crippen LogP contribution < -0.4 is 16.0 Å². The molecule has 4 amide bonds. The number of hydrogen-bond donors (Lipinski definition) is 3. The van der Waals surface area contributed by atoms with Crippen LogP contribution in [0.15, 0.2) is 24.3 Å². The summed E-state index contributed by atoms with van der Waals surface area (Å²) in [6, 6.07) is 6.65. The van der Waals surface area contributed by atoms with E-state index in [1.165, 1.54) is 6.42 Å². The molecule has 2 rings (SSSR count). The number of benzene rings is 1. The molecule has 0 unspecified atom stereocenters. The average molecular weight is 275 g/mol. The molecule has 0 aromatic heterocycles. The highest BCUT2D eigenvalue weighted by Gasteiger charge is 2.16. The van der Waals surface area contributed by atoms with E-state index in [-0.39, 0.29) is 6.04 Å². The average Bonchev–Trinajstić information content (AvgIpc) is 2.42. The van der Waals surface area contributed by atoms with Crippen LogP contribution in [-0.4, -0.2) is 18.1 Å². The summed E-state index contributed by atoms with van der Waals surface area (Å²) >= 11 is 0. The first-order valence-corrected chi connectivity index (χ1v) is 7.08. The fraction of sp³-hybridized carbons (Fsp3) is 0.467. The second kappa shape index (κ2) is 6.93. The van der Waals surface area contributed by atoms with E-state index in [1.807, 2.05) is 19.1 Å². The Kier molecular flexibility index (Phi) is 4.98. The van der Waals surface area contributed by atoms with Crippen LogP contribution in [0, 0.1) is 6.92 Å². The van der Waals surface area contributed by atoms with Gasteiger partial charge in [0.05, 0.1) is 0 Å². The van der Waals surface area contributed by atoms with Crippen LogP contribution in [0.1, 0.15) is 37.7 Å². The van der Waals surface area contributed by atoms with Gasteiger partial charge in [0, 0.05) is 11.7 Å². The van der Waals surface area contributed by atoms with Crippen molar-refractivity contribution in [3.05, 3.63) is 29.8 Å². The van der Waals surface area contributed by atoms with Crippen LogP contribution in [0.25, 0.3) is 0 Å². The van der Waals surface area contributed by atoms with Crippen LogP contribution in [0.2, 0.25) is 0 Å². The number of nitrogens with one attached hydrogen (secondary N) is 3. The fourth-order valence-electron chi connectivity index (χ4n) is 2.37. The molecular formula is C15H21N3O2. The zero-order valence-electron chi connectivity index (χ0n) is 11.7. The Balaban J connectivity index is 1.75. The number of aryl methyl sites for hydroxylation is 1. The first-order valence-electron chi connectivity index (χ1n) is 7.08. The van der Waals surface area contributed by atoms with Gasteiger partial charge in [0.2, 0.25) is 0 Å². The van der Waals surface area contributed by atoms with E-state index in [2.05, 4.69) is 16.0 Å². The molecule has 1 aliphatic rings. The predicted molar refractivity (Wildman–Crippen MR) is 78.7 cm³/mol. The SMILES string of the molecule is Cc1ccc(NC(=O)NC(=O)NC2CCCCC2)cc1. The van der Waals surface area contributed by atoms with Crippen molar-refractivity contribution in [1.29, 1.82) is 0 Å². The summed E-state index contributed by atoms with van der Waals surface area (Å²) in [4.78, 5) is 23.3. The number of carbonyl (C=O) groups is 2. The normalized spacial score (nSPS) is 15.4. The molecule has 1 aliphatic carbocycles. The van der Waals surface area contributed by atoms with Crippen molar-refractivity contribution in [1.82, 2.24) is 10.6 Å². The van der Waals surface area contributed by atoms with Gasteiger partial charge in [-0.3, -0.25) is 5.32 Å². The van der Waals surface area contributed by atoms with Crippen LogP contribution in [0.3, 0.4) is 0 Å². The topological polar surface area (TPSA) is 70.2 Å². The van der Waals surface area contributed by atoms with E-state index in [4.69, 9.17) is 0 Å². The van der Waals surface area contributed by atoms with Gasteiger partial charge in [-0.25, -0.2) is 9.59 Å². The maximum Gasteiger partial charge on any atom is 0.327 e. The molecule has 5 heteroatoms. The van der Waals surface area contributed by atoms with Crippen molar-refractivity contribution in [3.8, 4) is 0 Å². The molecule has 3 N–H and O–H groups in total. The lowest BCUT2D eigenvalue weighted by molar-refractivity contribution is 0.227. The Labute approximate surface area is 119 Å². The largest absolute Gasteiger partial charge is 0.335 e. The lowest BCUT2D eigenvalue weighted by Gasteiger charge is -2.22. The molecule has 0 spiro atoms. The van der Waals surface area contributed by atoms with E-state index >= 15 is 0 Å². The summed E-state index contributed by atoms with van der Waals surface area (Å²) in [7, 11) is 0. The van der Waals surface area contributed by atoms with Gasteiger partial charge in [-0.2, -0.15) is 0 Å². The third-order valence-corrected chi connectivity index (χ3v) is 3.48. The van der Waals surface area contributed by atoms with Gasteiger partial charge in [-0.1, -0.05) is 37.0 Å². The number of urea groups is 2. The summed E-state index contributed by atoms with van der Waals surface area (Å²) in [5, 5.41) is 7.75. The zero-order valence-corrected chi connectivity index (χ0v) is 11.7. The van der Waals surface area contributed by atoms with Crippen LogP contribution in [-0.2, 0) is 0 Å². The van der Waals surface area contributed by atoms with E-state index < -0.39 is 12.1 Å². The van der Waals surface area contributed by atoms with Gasteiger partial charge in [-0.05, 0) is 31.9 Å². The quantitative estimate of drug-likeness (QED) is 0.776. The Morgan fingerprint density at radius 2 is 1.65 bits per heavy atom. The van der Waals surface area contributed by atoms with E-state index in [9.17, 15) is 9.59 Å². The number of hydrogen-bond acceptors (Lipinski definition) is 2. The number of imide groups is 1. The Morgan fingerprint density at radius 1 is 1.00 bits per heavy atom. The summed E-state index contributed by atoms with van der Waals surface area (Å²) in [6.07, 6.45) is 5.49. The molecular weight excluding hydrogens is 254 g/mol. The van der Waals surface area contributed by atoms with Crippen molar-refractivity contribution >= 4 is 17.7 Å². The molecule has 1 saturated carbocycles. The monoisotopic (exact) mass is 275 g/mol. The fourth-order valence-corrected chi connectivity index (χ4v) is 2.37. The maximum atomic E-state index is 11.7. The van der Waals surface area contributed by atoms with E-state index in [0.29, 0.717) is 5.69 Å². The highest BCUT2D eigenvalue weighted by molar-refractivity contribution is 6.00. The summed E-state index contributed by atoms with van der Waals surface area (Å²) in [5.41, 5.74) is 1.78. The highest BCUT2D eigenvalue weighted by Crippen LogP contribution is 2.17. The van der Waals surface area contributed by atoms with Crippen LogP contribution >= 0.6 is 0 Å². The number of carbonyl (C=O) groups excluding carboxylic acids is 2. The molecule has 1 fully saturated rings. The smallest absolute Gasteiger partial charge is 0.327 e. The maximum absolute atomic E-state index is 11.7. The van der Waals surface area contributed by atoms with Crippen molar-refractivity contribution in [2.45, 2.75) is 45.1 Å². The molecule has 0 aliphatic heterocycles. The van der Waals surface area contributed by atoms with Crippen molar-refractivity contribution in [2.75, 3.05) is 5.32 Å². The Morgan fingerprint density at radius 3 is 2.30 bits per heavy atom. The second-order valence-corrected chi connectivity index (χ2v) is 5.25.